The zero-order valence-electron chi connectivity index (χ0n) is 17.3. The minimum atomic E-state index is -0.950. The summed E-state index contributed by atoms with van der Waals surface area (Å²) < 4.78 is 30.5. The molecule has 2 heterocycles. The van der Waals surface area contributed by atoms with Crippen molar-refractivity contribution in [2.75, 3.05) is 26.6 Å². The molecule has 0 spiro atoms. The number of ketones is 1. The molecule has 11 heteroatoms. The standard InChI is InChI=1S/C21H18FN5O5/c1-30-13-8-9-14(15(10-13)31-2)18-16(19(28)11-4-6-12(22)7-5-11)17(20(29)32-3)23-21-24-25-26-27(18)21/h4-10,18H,1-3H3,(H,23,24,26)/t18-/m1/s1. The molecule has 1 aromatic heterocycles. The van der Waals surface area contributed by atoms with Gasteiger partial charge >= 0.3 is 5.97 Å². The van der Waals surface area contributed by atoms with Gasteiger partial charge in [-0.2, -0.15) is 4.68 Å². The van der Waals surface area contributed by atoms with Crippen LogP contribution in [0.15, 0.2) is 53.7 Å². The Kier molecular flexibility index (Phi) is 5.54. The number of allylic oxidation sites excluding steroid dienone is 1. The summed E-state index contributed by atoms with van der Waals surface area (Å²) in [6, 6.07) is 9.04. The summed E-state index contributed by atoms with van der Waals surface area (Å²) in [4.78, 5) is 26.3. The fraction of sp³-hybridized carbons (Fsp3) is 0.190. The van der Waals surface area contributed by atoms with Gasteiger partial charge in [-0.3, -0.25) is 4.79 Å². The molecule has 3 aromatic rings. The summed E-state index contributed by atoms with van der Waals surface area (Å²) in [5.41, 5.74) is 0.535. The third-order valence-electron chi connectivity index (χ3n) is 4.99. The molecule has 0 aliphatic carbocycles. The first-order valence-electron chi connectivity index (χ1n) is 9.38. The second kappa shape index (κ2) is 8.46. The number of aromatic nitrogens is 4. The zero-order chi connectivity index (χ0) is 22.8. The number of hydrogen-bond donors (Lipinski definition) is 1. The quantitative estimate of drug-likeness (QED) is 0.455. The van der Waals surface area contributed by atoms with E-state index in [4.69, 9.17) is 14.2 Å². The molecule has 1 aliphatic rings. The van der Waals surface area contributed by atoms with Crippen molar-refractivity contribution in [1.82, 2.24) is 20.2 Å². The number of methoxy groups -OCH3 is 3. The van der Waals surface area contributed by atoms with Crippen LogP contribution in [-0.4, -0.2) is 53.3 Å². The lowest BCUT2D eigenvalue weighted by Gasteiger charge is -2.29. The van der Waals surface area contributed by atoms with E-state index >= 15 is 0 Å². The summed E-state index contributed by atoms with van der Waals surface area (Å²) >= 11 is 0. The molecule has 1 N–H and O–H groups in total. The number of hydrogen-bond acceptors (Lipinski definition) is 9. The van der Waals surface area contributed by atoms with Crippen LogP contribution >= 0.6 is 0 Å². The van der Waals surface area contributed by atoms with Crippen LogP contribution in [-0.2, 0) is 9.53 Å². The molecule has 0 bridgehead atoms. The highest BCUT2D eigenvalue weighted by Crippen LogP contribution is 2.41. The zero-order valence-corrected chi connectivity index (χ0v) is 17.3. The van der Waals surface area contributed by atoms with Crippen LogP contribution < -0.4 is 14.8 Å². The Balaban J connectivity index is 1.98. The Labute approximate surface area is 181 Å². The highest BCUT2D eigenvalue weighted by molar-refractivity contribution is 6.15. The summed E-state index contributed by atoms with van der Waals surface area (Å²) in [6.07, 6.45) is 0. The van der Waals surface area contributed by atoms with E-state index in [1.54, 1.807) is 18.2 Å². The van der Waals surface area contributed by atoms with Crippen LogP contribution in [0.25, 0.3) is 0 Å². The van der Waals surface area contributed by atoms with Crippen molar-refractivity contribution in [1.29, 1.82) is 0 Å². The number of Topliss-reactive ketones (excluding diaryl/α,β-unsaturated/α-hetero) is 1. The second-order valence-corrected chi connectivity index (χ2v) is 6.70. The molecule has 4 rings (SSSR count). The number of carbonyl (C=O) groups is 2. The van der Waals surface area contributed by atoms with Gasteiger partial charge in [0.05, 0.1) is 26.9 Å². The molecular weight excluding hydrogens is 421 g/mol. The first-order chi connectivity index (χ1) is 15.5. The smallest absolute Gasteiger partial charge is 0.355 e. The fourth-order valence-electron chi connectivity index (χ4n) is 3.48. The molecule has 1 aliphatic heterocycles. The summed E-state index contributed by atoms with van der Waals surface area (Å²) in [7, 11) is 4.17. The van der Waals surface area contributed by atoms with E-state index in [2.05, 4.69) is 20.8 Å². The molecule has 32 heavy (non-hydrogen) atoms. The highest BCUT2D eigenvalue weighted by atomic mass is 19.1. The molecule has 2 aromatic carbocycles. The number of nitrogens with zero attached hydrogens (tertiary/aromatic N) is 4. The van der Waals surface area contributed by atoms with E-state index in [1.165, 1.54) is 38.1 Å². The third-order valence-corrected chi connectivity index (χ3v) is 4.99. The van der Waals surface area contributed by atoms with Gasteiger partial charge in [0.15, 0.2) is 5.78 Å². The molecule has 0 saturated carbocycles. The van der Waals surface area contributed by atoms with Crippen molar-refractivity contribution in [3.63, 3.8) is 0 Å². The van der Waals surface area contributed by atoms with E-state index in [9.17, 15) is 14.0 Å². The fourth-order valence-corrected chi connectivity index (χ4v) is 3.48. The van der Waals surface area contributed by atoms with E-state index in [1.807, 2.05) is 0 Å². The Hall–Kier alpha value is -4.28. The lowest BCUT2D eigenvalue weighted by molar-refractivity contribution is -0.136. The van der Waals surface area contributed by atoms with Crippen LogP contribution in [0.2, 0.25) is 0 Å². The number of halogens is 1. The Bertz CT molecular complexity index is 1220. The number of carbonyl (C=O) groups excluding carboxylic acids is 2. The van der Waals surface area contributed by atoms with Gasteiger partial charge in [0.1, 0.15) is 29.1 Å². The maximum Gasteiger partial charge on any atom is 0.355 e. The SMILES string of the molecule is COC(=O)C1=C(C(=O)c2ccc(F)cc2)[C@@H](c2ccc(OC)cc2OC)n2nnnc2N1. The molecular formula is C21H18FN5O5. The van der Waals surface area contributed by atoms with Crippen molar-refractivity contribution in [2.24, 2.45) is 0 Å². The molecule has 10 nitrogen and oxygen atoms in total. The van der Waals surface area contributed by atoms with E-state index < -0.39 is 23.6 Å². The first-order valence-corrected chi connectivity index (χ1v) is 9.38. The highest BCUT2D eigenvalue weighted by Gasteiger charge is 2.39. The minimum absolute atomic E-state index is 0.00623. The monoisotopic (exact) mass is 439 g/mol. The van der Waals surface area contributed by atoms with Crippen LogP contribution in [0.4, 0.5) is 10.3 Å². The van der Waals surface area contributed by atoms with Gasteiger partial charge in [-0.05, 0) is 46.8 Å². The second-order valence-electron chi connectivity index (χ2n) is 6.70. The number of rotatable bonds is 6. The maximum atomic E-state index is 13.6. The summed E-state index contributed by atoms with van der Waals surface area (Å²) in [5, 5.41) is 14.3. The van der Waals surface area contributed by atoms with Crippen LogP contribution in [0.3, 0.4) is 0 Å². The van der Waals surface area contributed by atoms with Crippen molar-refractivity contribution in [2.45, 2.75) is 6.04 Å². The van der Waals surface area contributed by atoms with Crippen molar-refractivity contribution in [3.05, 3.63) is 70.7 Å². The molecule has 1 atom stereocenters. The van der Waals surface area contributed by atoms with E-state index in [0.717, 1.165) is 12.1 Å². The molecule has 0 amide bonds. The van der Waals surface area contributed by atoms with Crippen LogP contribution in [0, 0.1) is 5.82 Å². The molecule has 0 saturated heterocycles. The number of anilines is 1. The van der Waals surface area contributed by atoms with Gasteiger partial charge in [0.25, 0.3) is 0 Å². The predicted octanol–water partition coefficient (Wildman–Crippen LogP) is 2.15. The molecule has 164 valence electrons. The molecule has 0 radical (unpaired) electrons. The Morgan fingerprint density at radius 2 is 1.81 bits per heavy atom. The van der Waals surface area contributed by atoms with Crippen LogP contribution in [0.5, 0.6) is 11.5 Å². The number of tetrazole rings is 1. The number of nitrogens with one attached hydrogen (secondary N) is 1. The maximum absolute atomic E-state index is 13.6. The van der Waals surface area contributed by atoms with Gasteiger partial charge in [0.2, 0.25) is 5.95 Å². The van der Waals surface area contributed by atoms with E-state index in [-0.39, 0.29) is 22.8 Å². The average molecular weight is 439 g/mol. The normalized spacial score (nSPS) is 14.9. The van der Waals surface area contributed by atoms with Crippen molar-refractivity contribution < 1.29 is 28.2 Å². The van der Waals surface area contributed by atoms with Gasteiger partial charge in [-0.1, -0.05) is 5.10 Å². The third kappa shape index (κ3) is 3.53. The number of ether oxygens (including phenoxy) is 3. The predicted molar refractivity (Wildman–Crippen MR) is 109 cm³/mol. The number of fused-ring (bicyclic) bond motifs is 1. The molecule has 0 fully saturated rings. The van der Waals surface area contributed by atoms with Crippen molar-refractivity contribution >= 4 is 17.7 Å². The minimum Gasteiger partial charge on any atom is -0.497 e. The van der Waals surface area contributed by atoms with Gasteiger partial charge < -0.3 is 19.5 Å². The Morgan fingerprint density at radius 1 is 1.06 bits per heavy atom. The average Bonchev–Trinajstić information content (AvgIpc) is 3.30. The van der Waals surface area contributed by atoms with Gasteiger partial charge in [0, 0.05) is 17.2 Å². The van der Waals surface area contributed by atoms with Crippen LogP contribution in [0.1, 0.15) is 22.0 Å². The lowest BCUT2D eigenvalue weighted by atomic mass is 9.89. The van der Waals surface area contributed by atoms with Crippen molar-refractivity contribution in [3.8, 4) is 11.5 Å². The van der Waals surface area contributed by atoms with Gasteiger partial charge in [-0.25, -0.2) is 9.18 Å². The number of esters is 1. The lowest BCUT2D eigenvalue weighted by Crippen LogP contribution is -2.33. The largest absolute Gasteiger partial charge is 0.497 e. The summed E-state index contributed by atoms with van der Waals surface area (Å²) in [5.74, 6) is -0.791. The Morgan fingerprint density at radius 3 is 2.47 bits per heavy atom. The molecule has 0 unspecified atom stereocenters. The van der Waals surface area contributed by atoms with E-state index in [0.29, 0.717) is 17.1 Å². The number of benzene rings is 2. The first kappa shape index (κ1) is 21.0. The van der Waals surface area contributed by atoms with Gasteiger partial charge in [-0.15, -0.1) is 0 Å². The summed E-state index contributed by atoms with van der Waals surface area (Å²) in [6.45, 7) is 0. The topological polar surface area (TPSA) is 117 Å².